The number of aryl methyl sites for hydroxylation is 1. The van der Waals surface area contributed by atoms with Crippen molar-refractivity contribution in [3.05, 3.63) is 44.4 Å². The molecular formula is C23H30N6O3. The van der Waals surface area contributed by atoms with Crippen LogP contribution in [-0.4, -0.2) is 54.9 Å². The number of nitrogens with zero attached hydrogens (tertiary/aromatic N) is 4. The Kier molecular flexibility index (Phi) is 5.57. The van der Waals surface area contributed by atoms with E-state index in [0.717, 1.165) is 56.2 Å². The van der Waals surface area contributed by atoms with Crippen LogP contribution >= 0.6 is 0 Å². The number of hydrogen-bond acceptors (Lipinski definition) is 5. The molecule has 4 heterocycles. The lowest BCUT2D eigenvalue weighted by Crippen LogP contribution is -2.42. The summed E-state index contributed by atoms with van der Waals surface area (Å²) in [6, 6.07) is -0.289. The van der Waals surface area contributed by atoms with E-state index < -0.39 is 0 Å². The minimum absolute atomic E-state index is 0.0667. The van der Waals surface area contributed by atoms with Gasteiger partial charge in [0, 0.05) is 36.3 Å². The summed E-state index contributed by atoms with van der Waals surface area (Å²) in [4.78, 5) is 49.9. The molecule has 3 aliphatic rings. The molecule has 0 saturated carbocycles. The van der Waals surface area contributed by atoms with E-state index in [1.54, 1.807) is 4.90 Å². The van der Waals surface area contributed by atoms with Crippen molar-refractivity contribution in [2.24, 2.45) is 0 Å². The maximum absolute atomic E-state index is 13.5. The van der Waals surface area contributed by atoms with Gasteiger partial charge in [0.2, 0.25) is 5.91 Å². The molecule has 2 N–H and O–H groups in total. The Labute approximate surface area is 186 Å². The molecule has 2 aliphatic heterocycles. The number of H-pyrrole nitrogens is 2. The maximum Gasteiger partial charge on any atom is 0.275 e. The van der Waals surface area contributed by atoms with E-state index >= 15 is 0 Å². The molecule has 1 unspecified atom stereocenters. The van der Waals surface area contributed by atoms with Crippen LogP contribution in [0, 0.1) is 0 Å². The topological polar surface area (TPSA) is 115 Å². The molecule has 2 amide bonds. The molecule has 1 atom stereocenters. The van der Waals surface area contributed by atoms with Crippen LogP contribution in [0.15, 0.2) is 4.79 Å². The van der Waals surface area contributed by atoms with Crippen molar-refractivity contribution in [1.82, 2.24) is 30.0 Å². The van der Waals surface area contributed by atoms with Gasteiger partial charge in [-0.05, 0) is 51.4 Å². The molecule has 0 spiro atoms. The van der Waals surface area contributed by atoms with Crippen molar-refractivity contribution in [2.75, 3.05) is 13.1 Å². The average molecular weight is 439 g/mol. The third kappa shape index (κ3) is 3.63. The largest absolute Gasteiger partial charge is 0.336 e. The fourth-order valence-electron chi connectivity index (χ4n) is 5.31. The molecule has 0 bridgehead atoms. The number of nitrogens with one attached hydrogen (secondary N) is 2. The van der Waals surface area contributed by atoms with E-state index in [-0.39, 0.29) is 23.4 Å². The van der Waals surface area contributed by atoms with Gasteiger partial charge in [-0.15, -0.1) is 0 Å². The van der Waals surface area contributed by atoms with Crippen LogP contribution in [0.1, 0.15) is 90.3 Å². The fraction of sp³-hybridized carbons (Fsp3) is 0.609. The Balaban J connectivity index is 1.46. The third-order valence-corrected chi connectivity index (χ3v) is 7.09. The van der Waals surface area contributed by atoms with Gasteiger partial charge in [0.05, 0.1) is 18.3 Å². The SMILES string of the molecule is CCC(=O)N1CCc2c(nc(C3CCCCN3C(=O)c3n[nH]c4c3CCCC4)[nH]c2=O)C1. The maximum atomic E-state index is 13.5. The first-order valence-electron chi connectivity index (χ1n) is 11.8. The Hall–Kier alpha value is -2.97. The number of aromatic nitrogens is 4. The Morgan fingerprint density at radius 3 is 2.75 bits per heavy atom. The van der Waals surface area contributed by atoms with Crippen LogP contribution in [0.3, 0.4) is 0 Å². The lowest BCUT2D eigenvalue weighted by molar-refractivity contribution is -0.131. The number of hydrogen-bond donors (Lipinski definition) is 2. The minimum atomic E-state index is -0.289. The summed E-state index contributed by atoms with van der Waals surface area (Å²) in [7, 11) is 0. The first kappa shape index (κ1) is 20.9. The van der Waals surface area contributed by atoms with Crippen molar-refractivity contribution in [2.45, 2.75) is 77.3 Å². The highest BCUT2D eigenvalue weighted by atomic mass is 16.2. The van der Waals surface area contributed by atoms with Gasteiger partial charge in [0.15, 0.2) is 5.69 Å². The van der Waals surface area contributed by atoms with Gasteiger partial charge in [-0.3, -0.25) is 19.5 Å². The zero-order valence-corrected chi connectivity index (χ0v) is 18.6. The molecule has 2 aromatic heterocycles. The lowest BCUT2D eigenvalue weighted by Gasteiger charge is -2.35. The van der Waals surface area contributed by atoms with E-state index in [9.17, 15) is 14.4 Å². The van der Waals surface area contributed by atoms with Gasteiger partial charge in [0.25, 0.3) is 11.5 Å². The second-order valence-electron chi connectivity index (χ2n) is 9.04. The second-order valence-corrected chi connectivity index (χ2v) is 9.04. The number of carbonyl (C=O) groups is 2. The van der Waals surface area contributed by atoms with Crippen LogP contribution in [0.2, 0.25) is 0 Å². The first-order chi connectivity index (χ1) is 15.6. The summed E-state index contributed by atoms with van der Waals surface area (Å²) in [6.45, 7) is 3.36. The minimum Gasteiger partial charge on any atom is -0.336 e. The molecule has 170 valence electrons. The number of likely N-dealkylation sites (tertiary alicyclic amines) is 1. The highest BCUT2D eigenvalue weighted by Crippen LogP contribution is 2.32. The predicted molar refractivity (Wildman–Crippen MR) is 117 cm³/mol. The zero-order chi connectivity index (χ0) is 22.2. The smallest absolute Gasteiger partial charge is 0.275 e. The number of piperidine rings is 1. The van der Waals surface area contributed by atoms with Crippen molar-refractivity contribution in [3.63, 3.8) is 0 Å². The third-order valence-electron chi connectivity index (χ3n) is 7.09. The van der Waals surface area contributed by atoms with Gasteiger partial charge in [-0.2, -0.15) is 5.10 Å². The molecule has 1 fully saturated rings. The summed E-state index contributed by atoms with van der Waals surface area (Å²) in [6.07, 6.45) is 7.58. The van der Waals surface area contributed by atoms with E-state index in [4.69, 9.17) is 4.98 Å². The molecule has 1 saturated heterocycles. The van der Waals surface area contributed by atoms with Gasteiger partial charge >= 0.3 is 0 Å². The van der Waals surface area contributed by atoms with Crippen molar-refractivity contribution < 1.29 is 9.59 Å². The van der Waals surface area contributed by atoms with Crippen molar-refractivity contribution in [1.29, 1.82) is 0 Å². The summed E-state index contributed by atoms with van der Waals surface area (Å²) in [5, 5.41) is 7.44. The standard InChI is InChI=1S/C23H30N6O3/c1-2-19(30)28-12-10-15-17(13-28)24-21(25-22(15)31)18-9-5-6-11-29(18)23(32)20-14-7-3-4-8-16(14)26-27-20/h18H,2-13H2,1H3,(H,26,27)(H,24,25,31). The van der Waals surface area contributed by atoms with Gasteiger partial charge in [-0.1, -0.05) is 6.92 Å². The summed E-state index contributed by atoms with van der Waals surface area (Å²) in [5.74, 6) is 0.506. The first-order valence-corrected chi connectivity index (χ1v) is 11.8. The summed E-state index contributed by atoms with van der Waals surface area (Å²) >= 11 is 0. The second kappa shape index (κ2) is 8.52. The number of carbonyl (C=O) groups excluding carboxylic acids is 2. The molecule has 1 aliphatic carbocycles. The van der Waals surface area contributed by atoms with E-state index in [1.807, 2.05) is 11.8 Å². The molecule has 5 rings (SSSR count). The number of amides is 2. The molecule has 2 aromatic rings. The Bertz CT molecular complexity index is 1100. The molecular weight excluding hydrogens is 408 g/mol. The fourth-order valence-corrected chi connectivity index (χ4v) is 5.31. The normalized spacial score (nSPS) is 20.6. The van der Waals surface area contributed by atoms with Gasteiger partial charge in [0.1, 0.15) is 5.82 Å². The van der Waals surface area contributed by atoms with Crippen molar-refractivity contribution >= 4 is 11.8 Å². The van der Waals surface area contributed by atoms with E-state index in [2.05, 4.69) is 15.2 Å². The molecule has 32 heavy (non-hydrogen) atoms. The van der Waals surface area contributed by atoms with Gasteiger partial charge < -0.3 is 14.8 Å². The Morgan fingerprint density at radius 1 is 1.06 bits per heavy atom. The average Bonchev–Trinajstić information content (AvgIpc) is 3.27. The Morgan fingerprint density at radius 2 is 1.91 bits per heavy atom. The lowest BCUT2D eigenvalue weighted by atomic mass is 9.94. The number of fused-ring (bicyclic) bond motifs is 2. The van der Waals surface area contributed by atoms with E-state index in [1.165, 1.54) is 0 Å². The summed E-state index contributed by atoms with van der Waals surface area (Å²) in [5.41, 5.74) is 3.81. The highest BCUT2D eigenvalue weighted by molar-refractivity contribution is 5.94. The number of rotatable bonds is 3. The quantitative estimate of drug-likeness (QED) is 0.761. The number of aromatic amines is 2. The van der Waals surface area contributed by atoms with E-state index in [0.29, 0.717) is 55.3 Å². The predicted octanol–water partition coefficient (Wildman–Crippen LogP) is 2.03. The summed E-state index contributed by atoms with van der Waals surface area (Å²) < 4.78 is 0. The zero-order valence-electron chi connectivity index (χ0n) is 18.6. The molecule has 9 heteroatoms. The van der Waals surface area contributed by atoms with Gasteiger partial charge in [-0.25, -0.2) is 4.98 Å². The highest BCUT2D eigenvalue weighted by Gasteiger charge is 2.35. The monoisotopic (exact) mass is 438 g/mol. The molecule has 9 nitrogen and oxygen atoms in total. The van der Waals surface area contributed by atoms with Crippen LogP contribution in [-0.2, 0) is 30.6 Å². The van der Waals surface area contributed by atoms with Crippen molar-refractivity contribution in [3.8, 4) is 0 Å². The van der Waals surface area contributed by atoms with Crippen LogP contribution < -0.4 is 5.56 Å². The van der Waals surface area contributed by atoms with Crippen LogP contribution in [0.4, 0.5) is 0 Å². The molecule has 0 radical (unpaired) electrons. The molecule has 0 aromatic carbocycles. The van der Waals surface area contributed by atoms with Crippen LogP contribution in [0.5, 0.6) is 0 Å². The van der Waals surface area contributed by atoms with Crippen LogP contribution in [0.25, 0.3) is 0 Å².